The number of urea groups is 1. The molecule has 2 aromatic rings. The molecule has 0 heterocycles. The molecule has 1 fully saturated rings. The summed E-state index contributed by atoms with van der Waals surface area (Å²) in [6, 6.07) is 12.0. The number of carboxylic acids is 1. The fourth-order valence-corrected chi connectivity index (χ4v) is 3.11. The van der Waals surface area contributed by atoms with Gasteiger partial charge in [-0.2, -0.15) is 18.3 Å². The van der Waals surface area contributed by atoms with Crippen LogP contribution in [0.4, 0.5) is 23.7 Å². The minimum Gasteiger partial charge on any atom is -0.475 e. The molecular weight excluding hydrogens is 401 g/mol. The Morgan fingerprint density at radius 3 is 2.27 bits per heavy atom. The van der Waals surface area contributed by atoms with E-state index in [4.69, 9.17) is 15.7 Å². The number of hydrogen-bond donors (Lipinski definition) is 4. The van der Waals surface area contributed by atoms with Gasteiger partial charge >= 0.3 is 18.2 Å². The number of alkyl halides is 3. The number of hydrazone groups is 1. The normalized spacial score (nSPS) is 14.8. The maximum absolute atomic E-state index is 12.1. The van der Waals surface area contributed by atoms with Crippen LogP contribution in [0.2, 0.25) is 0 Å². The Balaban J connectivity index is 0.000000396. The topological polar surface area (TPSA) is 117 Å². The van der Waals surface area contributed by atoms with Crippen LogP contribution in [0, 0.1) is 0 Å². The fourth-order valence-electron chi connectivity index (χ4n) is 3.11. The molecule has 30 heavy (non-hydrogen) atoms. The lowest BCUT2D eigenvalue weighted by Gasteiger charge is -2.22. The molecule has 10 heteroatoms. The lowest BCUT2D eigenvalue weighted by molar-refractivity contribution is -0.192. The number of nitrogens with two attached hydrogens (primary N) is 1. The van der Waals surface area contributed by atoms with E-state index in [9.17, 15) is 18.0 Å². The monoisotopic (exact) mass is 424 g/mol. The summed E-state index contributed by atoms with van der Waals surface area (Å²) in [5.41, 5.74) is 1.75. The number of carbonyl (C=O) groups is 2. The minimum absolute atomic E-state index is 0.122. The van der Waals surface area contributed by atoms with Crippen molar-refractivity contribution in [3.8, 4) is 0 Å². The van der Waals surface area contributed by atoms with E-state index in [1.54, 1.807) is 6.21 Å². The van der Waals surface area contributed by atoms with Crippen LogP contribution in [0.5, 0.6) is 0 Å². The second-order valence-electron chi connectivity index (χ2n) is 6.84. The third-order valence-electron chi connectivity index (χ3n) is 4.53. The molecular formula is C20H23F3N4O3. The number of anilines is 1. The first-order valence-corrected chi connectivity index (χ1v) is 9.34. The van der Waals surface area contributed by atoms with Crippen LogP contribution in [0.15, 0.2) is 41.5 Å². The van der Waals surface area contributed by atoms with Gasteiger partial charge in [0.15, 0.2) is 0 Å². The SMILES string of the molecule is N/N=C\c1ccc2cc(NC(=O)NC3CCCCC3)ccc2c1.O=C(O)C(F)(F)F. The van der Waals surface area contributed by atoms with Gasteiger partial charge in [0.25, 0.3) is 0 Å². The second kappa shape index (κ2) is 10.5. The number of halogens is 3. The number of benzene rings is 2. The van der Waals surface area contributed by atoms with Crippen molar-refractivity contribution in [2.45, 2.75) is 44.3 Å². The van der Waals surface area contributed by atoms with Gasteiger partial charge in [0.05, 0.1) is 6.21 Å². The molecule has 3 rings (SSSR count). The molecule has 162 valence electrons. The van der Waals surface area contributed by atoms with Gasteiger partial charge in [-0.25, -0.2) is 9.59 Å². The van der Waals surface area contributed by atoms with Crippen LogP contribution in [-0.2, 0) is 4.79 Å². The molecule has 1 aliphatic carbocycles. The summed E-state index contributed by atoms with van der Waals surface area (Å²) in [4.78, 5) is 21.0. The first-order valence-electron chi connectivity index (χ1n) is 9.34. The average Bonchev–Trinajstić information content (AvgIpc) is 2.69. The second-order valence-corrected chi connectivity index (χ2v) is 6.84. The molecule has 2 aromatic carbocycles. The molecule has 1 saturated carbocycles. The lowest BCUT2D eigenvalue weighted by Crippen LogP contribution is -2.38. The van der Waals surface area contributed by atoms with Crippen LogP contribution in [-0.4, -0.2) is 35.5 Å². The summed E-state index contributed by atoms with van der Waals surface area (Å²) in [6.07, 6.45) is 2.38. The number of amides is 2. The van der Waals surface area contributed by atoms with E-state index < -0.39 is 12.1 Å². The van der Waals surface area contributed by atoms with Gasteiger partial charge < -0.3 is 21.6 Å². The number of carbonyl (C=O) groups excluding carboxylic acids is 1. The molecule has 0 aliphatic heterocycles. The summed E-state index contributed by atoms with van der Waals surface area (Å²) in [5.74, 6) is 2.42. The zero-order valence-electron chi connectivity index (χ0n) is 16.1. The van der Waals surface area contributed by atoms with Crippen LogP contribution in [0.25, 0.3) is 10.8 Å². The van der Waals surface area contributed by atoms with Crippen LogP contribution in [0.1, 0.15) is 37.7 Å². The van der Waals surface area contributed by atoms with Crippen molar-refractivity contribution in [1.82, 2.24) is 5.32 Å². The number of carboxylic acid groups (broad SMARTS) is 1. The molecule has 0 spiro atoms. The van der Waals surface area contributed by atoms with Crippen molar-refractivity contribution in [3.63, 3.8) is 0 Å². The maximum atomic E-state index is 12.1. The predicted molar refractivity (Wildman–Crippen MR) is 108 cm³/mol. The summed E-state index contributed by atoms with van der Waals surface area (Å²) in [6.45, 7) is 0. The fraction of sp³-hybridized carbons (Fsp3) is 0.350. The van der Waals surface area contributed by atoms with Crippen molar-refractivity contribution in [2.24, 2.45) is 10.9 Å². The molecule has 2 amide bonds. The standard InChI is InChI=1S/C18H22N4O.C2HF3O2/c19-20-12-13-6-7-15-11-17(9-8-14(15)10-13)22-18(23)21-16-4-2-1-3-5-16;3-2(4,5)1(6)7/h6-12,16H,1-5,19H2,(H2,21,22,23);(H,6,7)/b20-12-;. The van der Waals surface area contributed by atoms with Crippen molar-refractivity contribution in [3.05, 3.63) is 42.0 Å². The van der Waals surface area contributed by atoms with E-state index in [1.807, 2.05) is 36.4 Å². The van der Waals surface area contributed by atoms with Crippen molar-refractivity contribution in [2.75, 3.05) is 5.32 Å². The Morgan fingerprint density at radius 2 is 1.67 bits per heavy atom. The molecule has 1 aliphatic rings. The molecule has 5 N–H and O–H groups in total. The number of nitrogens with one attached hydrogen (secondary N) is 2. The molecule has 0 bridgehead atoms. The van der Waals surface area contributed by atoms with E-state index >= 15 is 0 Å². The van der Waals surface area contributed by atoms with Gasteiger partial charge in [-0.1, -0.05) is 37.5 Å². The summed E-state index contributed by atoms with van der Waals surface area (Å²) in [5, 5.41) is 18.8. The highest BCUT2D eigenvalue weighted by Gasteiger charge is 2.38. The Kier molecular flexibility index (Phi) is 8.02. The van der Waals surface area contributed by atoms with Crippen molar-refractivity contribution < 1.29 is 27.9 Å². The van der Waals surface area contributed by atoms with E-state index in [-0.39, 0.29) is 6.03 Å². The highest BCUT2D eigenvalue weighted by molar-refractivity contribution is 5.95. The third-order valence-corrected chi connectivity index (χ3v) is 4.53. The Labute approximate surface area is 171 Å². The number of fused-ring (bicyclic) bond motifs is 1. The highest BCUT2D eigenvalue weighted by atomic mass is 19.4. The molecule has 0 atom stereocenters. The average molecular weight is 424 g/mol. The largest absolute Gasteiger partial charge is 0.490 e. The molecule has 7 nitrogen and oxygen atoms in total. The van der Waals surface area contributed by atoms with E-state index in [0.29, 0.717) is 6.04 Å². The van der Waals surface area contributed by atoms with E-state index in [1.165, 1.54) is 19.3 Å². The van der Waals surface area contributed by atoms with Gasteiger partial charge in [0.1, 0.15) is 0 Å². The first-order chi connectivity index (χ1) is 14.2. The molecule has 0 radical (unpaired) electrons. The number of rotatable bonds is 3. The first kappa shape index (κ1) is 23.0. The lowest BCUT2D eigenvalue weighted by atomic mass is 9.96. The Morgan fingerprint density at radius 1 is 1.07 bits per heavy atom. The van der Waals surface area contributed by atoms with Gasteiger partial charge in [0, 0.05) is 11.7 Å². The number of hydrogen-bond acceptors (Lipinski definition) is 4. The van der Waals surface area contributed by atoms with Crippen LogP contribution < -0.4 is 16.5 Å². The van der Waals surface area contributed by atoms with Crippen molar-refractivity contribution >= 4 is 34.7 Å². The molecule has 0 unspecified atom stereocenters. The minimum atomic E-state index is -5.08. The maximum Gasteiger partial charge on any atom is 0.490 e. The predicted octanol–water partition coefficient (Wildman–Crippen LogP) is 4.22. The van der Waals surface area contributed by atoms with Crippen LogP contribution >= 0.6 is 0 Å². The third kappa shape index (κ3) is 7.26. The quantitative estimate of drug-likeness (QED) is 0.335. The Bertz CT molecular complexity index is 910. The summed E-state index contributed by atoms with van der Waals surface area (Å²) >= 11 is 0. The zero-order chi connectivity index (χ0) is 22.1. The van der Waals surface area contributed by atoms with E-state index in [0.717, 1.165) is 34.9 Å². The number of nitrogens with zero attached hydrogens (tertiary/aromatic N) is 1. The van der Waals surface area contributed by atoms with Gasteiger partial charge in [-0.05, 0) is 47.4 Å². The molecule has 0 saturated heterocycles. The van der Waals surface area contributed by atoms with Crippen molar-refractivity contribution in [1.29, 1.82) is 0 Å². The summed E-state index contributed by atoms with van der Waals surface area (Å²) < 4.78 is 31.7. The van der Waals surface area contributed by atoms with Crippen LogP contribution in [0.3, 0.4) is 0 Å². The number of aliphatic carboxylic acids is 1. The Hall–Kier alpha value is -3.30. The zero-order valence-corrected chi connectivity index (χ0v) is 16.1. The van der Waals surface area contributed by atoms with E-state index in [2.05, 4.69) is 15.7 Å². The smallest absolute Gasteiger partial charge is 0.475 e. The van der Waals surface area contributed by atoms with Gasteiger partial charge in [0.2, 0.25) is 0 Å². The summed E-state index contributed by atoms with van der Waals surface area (Å²) in [7, 11) is 0. The molecule has 0 aromatic heterocycles. The van der Waals surface area contributed by atoms with Gasteiger partial charge in [-0.15, -0.1) is 0 Å². The highest BCUT2D eigenvalue weighted by Crippen LogP contribution is 2.21. The van der Waals surface area contributed by atoms with Gasteiger partial charge in [-0.3, -0.25) is 0 Å².